The van der Waals surface area contributed by atoms with Crippen LogP contribution in [0.3, 0.4) is 0 Å². The molecule has 0 radical (unpaired) electrons. The Morgan fingerprint density at radius 2 is 1.66 bits per heavy atom. The van der Waals surface area contributed by atoms with Crippen LogP contribution in [0.1, 0.15) is 37.8 Å². The Labute approximate surface area is 170 Å². The highest BCUT2D eigenvalue weighted by atomic mass is 16.6. The third-order valence-corrected chi connectivity index (χ3v) is 4.69. The number of nitrogens with one attached hydrogen (secondary N) is 1. The van der Waals surface area contributed by atoms with Crippen LogP contribution in [0.25, 0.3) is 10.9 Å². The molecule has 0 saturated heterocycles. The molecule has 3 rings (SSSR count). The fourth-order valence-electron chi connectivity index (χ4n) is 3.55. The minimum atomic E-state index is -1.20. The predicted molar refractivity (Wildman–Crippen MR) is 112 cm³/mol. The summed E-state index contributed by atoms with van der Waals surface area (Å²) >= 11 is 0. The quantitative estimate of drug-likeness (QED) is 0.677. The van der Waals surface area contributed by atoms with Gasteiger partial charge in [0.25, 0.3) is 0 Å². The van der Waals surface area contributed by atoms with E-state index in [1.54, 1.807) is 20.8 Å². The number of alkyl carbamates (subject to hydrolysis) is 1. The van der Waals surface area contributed by atoms with Gasteiger partial charge in [-0.05, 0) is 38.0 Å². The van der Waals surface area contributed by atoms with Crippen molar-refractivity contribution in [2.75, 3.05) is 0 Å². The Morgan fingerprint density at radius 3 is 2.28 bits per heavy atom. The van der Waals surface area contributed by atoms with Crippen LogP contribution < -0.4 is 5.32 Å². The van der Waals surface area contributed by atoms with Gasteiger partial charge in [-0.15, -0.1) is 0 Å². The highest BCUT2D eigenvalue weighted by molar-refractivity contribution is 5.88. The molecule has 1 aromatic heterocycles. The van der Waals surface area contributed by atoms with E-state index >= 15 is 0 Å². The van der Waals surface area contributed by atoms with E-state index in [0.29, 0.717) is 0 Å². The molecule has 29 heavy (non-hydrogen) atoms. The maximum atomic E-state index is 12.4. The van der Waals surface area contributed by atoms with Crippen LogP contribution in [0, 0.1) is 0 Å². The molecule has 0 unspecified atom stereocenters. The smallest absolute Gasteiger partial charge is 0.408 e. The van der Waals surface area contributed by atoms with Gasteiger partial charge >= 0.3 is 12.1 Å². The van der Waals surface area contributed by atoms with Gasteiger partial charge in [-0.3, -0.25) is 0 Å². The highest BCUT2D eigenvalue weighted by Gasteiger charge is 2.35. The van der Waals surface area contributed by atoms with E-state index in [0.717, 1.165) is 22.0 Å². The number of carboxylic acid groups (broad SMARTS) is 1. The van der Waals surface area contributed by atoms with Crippen LogP contribution in [-0.4, -0.2) is 33.4 Å². The second-order valence-electron chi connectivity index (χ2n) is 8.06. The van der Waals surface area contributed by atoms with Crippen molar-refractivity contribution >= 4 is 23.0 Å². The fourth-order valence-corrected chi connectivity index (χ4v) is 3.55. The molecule has 0 spiro atoms. The predicted octanol–water partition coefficient (Wildman–Crippen LogP) is 4.29. The summed E-state index contributed by atoms with van der Waals surface area (Å²) in [5.74, 6) is -1.72. The topological polar surface area (TPSA) is 80.6 Å². The van der Waals surface area contributed by atoms with Gasteiger partial charge in [0.1, 0.15) is 11.6 Å². The number of benzene rings is 2. The summed E-state index contributed by atoms with van der Waals surface area (Å²) in [7, 11) is 1.92. The number of carboxylic acids is 1. The van der Waals surface area contributed by atoms with Crippen molar-refractivity contribution < 1.29 is 19.4 Å². The van der Waals surface area contributed by atoms with E-state index in [9.17, 15) is 14.7 Å². The average molecular weight is 394 g/mol. The molecule has 2 aromatic carbocycles. The number of rotatable bonds is 5. The molecule has 0 aliphatic carbocycles. The summed E-state index contributed by atoms with van der Waals surface area (Å²) in [5.41, 5.74) is 1.89. The Balaban J connectivity index is 2.11. The molecule has 2 atom stereocenters. The summed E-state index contributed by atoms with van der Waals surface area (Å²) in [6, 6.07) is 16.0. The summed E-state index contributed by atoms with van der Waals surface area (Å²) < 4.78 is 7.28. The highest BCUT2D eigenvalue weighted by Crippen LogP contribution is 2.34. The molecular formula is C23H26N2O4. The van der Waals surface area contributed by atoms with Crippen molar-refractivity contribution in [3.05, 3.63) is 71.9 Å². The minimum absolute atomic E-state index is 0.590. The van der Waals surface area contributed by atoms with Gasteiger partial charge in [-0.2, -0.15) is 0 Å². The van der Waals surface area contributed by atoms with Gasteiger partial charge in [0.15, 0.2) is 0 Å². The SMILES string of the molecule is Cn1cc([C@@H](c2ccccc2)[C@@H](NC(=O)OC(C)(C)C)C(=O)O)c2ccccc21. The molecule has 0 fully saturated rings. The standard InChI is InChI=1S/C23H26N2O4/c1-23(2,3)29-22(28)24-20(21(26)27)19(15-10-6-5-7-11-15)17-14-25(4)18-13-9-8-12-16(17)18/h5-14,19-20H,1-4H3,(H,24,28)(H,26,27)/t19-,20-/m1/s1. The van der Waals surface area contributed by atoms with Gasteiger partial charge in [-0.25, -0.2) is 9.59 Å². The van der Waals surface area contributed by atoms with E-state index in [-0.39, 0.29) is 0 Å². The minimum Gasteiger partial charge on any atom is -0.480 e. The third kappa shape index (κ3) is 4.59. The van der Waals surface area contributed by atoms with E-state index in [1.807, 2.05) is 72.4 Å². The number of aromatic nitrogens is 1. The molecule has 6 nitrogen and oxygen atoms in total. The third-order valence-electron chi connectivity index (χ3n) is 4.69. The largest absolute Gasteiger partial charge is 0.480 e. The number of nitrogens with zero attached hydrogens (tertiary/aromatic N) is 1. The zero-order valence-electron chi connectivity index (χ0n) is 17.0. The first kappa shape index (κ1) is 20.5. The summed E-state index contributed by atoms with van der Waals surface area (Å²) in [5, 5.41) is 13.5. The lowest BCUT2D eigenvalue weighted by Gasteiger charge is -2.27. The number of para-hydroxylation sites is 1. The first-order chi connectivity index (χ1) is 13.7. The van der Waals surface area contributed by atoms with Gasteiger partial charge in [0, 0.05) is 30.1 Å². The average Bonchev–Trinajstić information content (AvgIpc) is 2.97. The van der Waals surface area contributed by atoms with Gasteiger partial charge in [0.05, 0.1) is 0 Å². The number of amides is 1. The number of carbonyl (C=O) groups excluding carboxylic acids is 1. The molecule has 0 saturated carbocycles. The Bertz CT molecular complexity index is 1020. The lowest BCUT2D eigenvalue weighted by Crippen LogP contribution is -2.47. The van der Waals surface area contributed by atoms with E-state index in [4.69, 9.17) is 4.74 Å². The molecule has 152 valence electrons. The number of ether oxygens (including phenoxy) is 1. The molecule has 0 aliphatic heterocycles. The van der Waals surface area contributed by atoms with Gasteiger partial charge in [-0.1, -0.05) is 48.5 Å². The van der Waals surface area contributed by atoms with Crippen molar-refractivity contribution in [1.82, 2.24) is 9.88 Å². The van der Waals surface area contributed by atoms with Crippen LogP contribution in [0.4, 0.5) is 4.79 Å². The molecule has 0 aliphatic rings. The van der Waals surface area contributed by atoms with E-state index in [2.05, 4.69) is 5.32 Å². The van der Waals surface area contributed by atoms with Gasteiger partial charge in [0.2, 0.25) is 0 Å². The van der Waals surface area contributed by atoms with Gasteiger partial charge < -0.3 is 19.7 Å². The Kier molecular flexibility index (Phi) is 5.64. The second kappa shape index (κ2) is 7.99. The number of fused-ring (bicyclic) bond motifs is 1. The zero-order chi connectivity index (χ0) is 21.2. The van der Waals surface area contributed by atoms with Crippen LogP contribution >= 0.6 is 0 Å². The fraction of sp³-hybridized carbons (Fsp3) is 0.304. The maximum absolute atomic E-state index is 12.4. The number of aryl methyl sites for hydroxylation is 1. The van der Waals surface area contributed by atoms with Crippen molar-refractivity contribution in [2.45, 2.75) is 38.3 Å². The zero-order valence-corrected chi connectivity index (χ0v) is 17.0. The molecule has 1 amide bonds. The number of carbonyl (C=O) groups is 2. The summed E-state index contributed by atoms with van der Waals surface area (Å²) in [6.07, 6.45) is 1.17. The maximum Gasteiger partial charge on any atom is 0.408 e. The second-order valence-corrected chi connectivity index (χ2v) is 8.06. The van der Waals surface area contributed by atoms with Crippen molar-refractivity contribution in [1.29, 1.82) is 0 Å². The van der Waals surface area contributed by atoms with Crippen LogP contribution in [0.2, 0.25) is 0 Å². The molecule has 6 heteroatoms. The lowest BCUT2D eigenvalue weighted by molar-refractivity contribution is -0.139. The normalized spacial score (nSPS) is 13.7. The molecular weight excluding hydrogens is 368 g/mol. The van der Waals surface area contributed by atoms with Crippen molar-refractivity contribution in [2.24, 2.45) is 7.05 Å². The molecule has 0 bridgehead atoms. The van der Waals surface area contributed by atoms with Crippen molar-refractivity contribution in [3.8, 4) is 0 Å². The molecule has 3 aromatic rings. The monoisotopic (exact) mass is 394 g/mol. The number of hydrogen-bond acceptors (Lipinski definition) is 3. The van der Waals surface area contributed by atoms with Crippen LogP contribution in [0.15, 0.2) is 60.8 Å². The number of hydrogen-bond donors (Lipinski definition) is 2. The van der Waals surface area contributed by atoms with E-state index in [1.165, 1.54) is 0 Å². The first-order valence-corrected chi connectivity index (χ1v) is 9.48. The summed E-state index contributed by atoms with van der Waals surface area (Å²) in [6.45, 7) is 5.21. The molecule has 1 heterocycles. The van der Waals surface area contributed by atoms with E-state index < -0.39 is 29.6 Å². The van der Waals surface area contributed by atoms with Crippen LogP contribution in [-0.2, 0) is 16.6 Å². The first-order valence-electron chi connectivity index (χ1n) is 9.48. The summed E-state index contributed by atoms with van der Waals surface area (Å²) in [4.78, 5) is 24.7. The van der Waals surface area contributed by atoms with Crippen molar-refractivity contribution in [3.63, 3.8) is 0 Å². The Morgan fingerprint density at radius 1 is 1.03 bits per heavy atom. The lowest BCUT2D eigenvalue weighted by atomic mass is 9.85. The van der Waals surface area contributed by atoms with Crippen LogP contribution in [0.5, 0.6) is 0 Å². The Hall–Kier alpha value is -3.28. The number of aliphatic carboxylic acids is 1. The molecule has 2 N–H and O–H groups in total.